The van der Waals surface area contributed by atoms with E-state index < -0.39 is 0 Å². The SMILES string of the molecule is Cc1c(Cl)ccc2c(CCCCN)c(-c3cccs3)[nH]c12. The lowest BCUT2D eigenvalue weighted by molar-refractivity contribution is 0.748. The molecule has 0 fully saturated rings. The zero-order chi connectivity index (χ0) is 14.8. The van der Waals surface area contributed by atoms with Crippen molar-refractivity contribution in [3.8, 4) is 10.6 Å². The van der Waals surface area contributed by atoms with Crippen LogP contribution in [0.4, 0.5) is 0 Å². The van der Waals surface area contributed by atoms with Crippen LogP contribution in [0, 0.1) is 6.92 Å². The summed E-state index contributed by atoms with van der Waals surface area (Å²) in [5.41, 5.74) is 10.5. The number of aromatic amines is 1. The normalized spacial score (nSPS) is 11.4. The Morgan fingerprint density at radius 1 is 1.24 bits per heavy atom. The number of hydrogen-bond acceptors (Lipinski definition) is 2. The smallest absolute Gasteiger partial charge is 0.0598 e. The van der Waals surface area contributed by atoms with Crippen molar-refractivity contribution in [2.45, 2.75) is 26.2 Å². The van der Waals surface area contributed by atoms with Crippen molar-refractivity contribution >= 4 is 33.8 Å². The van der Waals surface area contributed by atoms with E-state index >= 15 is 0 Å². The summed E-state index contributed by atoms with van der Waals surface area (Å²) in [6.45, 7) is 2.82. The fourth-order valence-electron chi connectivity index (χ4n) is 2.77. The van der Waals surface area contributed by atoms with Gasteiger partial charge >= 0.3 is 0 Å². The summed E-state index contributed by atoms with van der Waals surface area (Å²) >= 11 is 8.03. The highest BCUT2D eigenvalue weighted by Gasteiger charge is 2.15. The van der Waals surface area contributed by atoms with Crippen LogP contribution in [0.15, 0.2) is 29.6 Å². The van der Waals surface area contributed by atoms with Gasteiger partial charge in [-0.25, -0.2) is 0 Å². The third-order valence-corrected chi connectivity index (χ3v) is 5.22. The summed E-state index contributed by atoms with van der Waals surface area (Å²) in [6.07, 6.45) is 3.22. The molecule has 0 unspecified atom stereocenters. The Kier molecular flexibility index (Phi) is 4.34. The molecule has 0 atom stereocenters. The molecule has 1 aromatic carbocycles. The summed E-state index contributed by atoms with van der Waals surface area (Å²) in [7, 11) is 0. The Bertz CT molecular complexity index is 744. The molecule has 3 N–H and O–H groups in total. The summed E-state index contributed by atoms with van der Waals surface area (Å²) in [5, 5.41) is 4.22. The molecule has 0 saturated heterocycles. The van der Waals surface area contributed by atoms with E-state index in [2.05, 4.69) is 35.5 Å². The monoisotopic (exact) mass is 318 g/mol. The number of hydrogen-bond donors (Lipinski definition) is 2. The number of H-pyrrole nitrogens is 1. The molecule has 0 radical (unpaired) electrons. The molecule has 0 aliphatic carbocycles. The highest BCUT2D eigenvalue weighted by Crippen LogP contribution is 2.36. The standard InChI is InChI=1S/C17H19ClN2S/c1-11-14(18)8-7-13-12(5-2-3-9-19)17(20-16(11)13)15-6-4-10-21-15/h4,6-8,10,20H,2-3,5,9,19H2,1H3. The van der Waals surface area contributed by atoms with Crippen molar-refractivity contribution in [1.82, 2.24) is 4.98 Å². The molecular weight excluding hydrogens is 300 g/mol. The van der Waals surface area contributed by atoms with Crippen molar-refractivity contribution < 1.29 is 0 Å². The molecule has 0 aliphatic heterocycles. The maximum Gasteiger partial charge on any atom is 0.0598 e. The topological polar surface area (TPSA) is 41.8 Å². The molecule has 2 aromatic heterocycles. The lowest BCUT2D eigenvalue weighted by atomic mass is 10.0. The Balaban J connectivity index is 2.15. The summed E-state index contributed by atoms with van der Waals surface area (Å²) in [4.78, 5) is 4.88. The van der Waals surface area contributed by atoms with Gasteiger partial charge in [0.2, 0.25) is 0 Å². The molecular formula is C17H19ClN2S. The molecule has 110 valence electrons. The maximum absolute atomic E-state index is 6.27. The van der Waals surface area contributed by atoms with Crippen LogP contribution in [0.5, 0.6) is 0 Å². The van der Waals surface area contributed by atoms with Gasteiger partial charge in [0.05, 0.1) is 16.1 Å². The van der Waals surface area contributed by atoms with Gasteiger partial charge in [0.15, 0.2) is 0 Å². The maximum atomic E-state index is 6.27. The highest BCUT2D eigenvalue weighted by molar-refractivity contribution is 7.13. The molecule has 0 bridgehead atoms. The Labute approximate surface area is 133 Å². The number of aryl methyl sites for hydroxylation is 2. The van der Waals surface area contributed by atoms with E-state index in [-0.39, 0.29) is 0 Å². The lowest BCUT2D eigenvalue weighted by Crippen LogP contribution is -1.99. The van der Waals surface area contributed by atoms with Crippen molar-refractivity contribution in [3.05, 3.63) is 45.8 Å². The minimum absolute atomic E-state index is 0.752. The van der Waals surface area contributed by atoms with E-state index in [4.69, 9.17) is 17.3 Å². The van der Waals surface area contributed by atoms with Crippen LogP contribution in [0.2, 0.25) is 5.02 Å². The molecule has 4 heteroatoms. The highest BCUT2D eigenvalue weighted by atomic mass is 35.5. The number of rotatable bonds is 5. The number of thiophene rings is 1. The second kappa shape index (κ2) is 6.22. The first kappa shape index (κ1) is 14.6. The minimum atomic E-state index is 0.752. The van der Waals surface area contributed by atoms with Crippen LogP contribution in [-0.2, 0) is 6.42 Å². The molecule has 0 aliphatic rings. The van der Waals surface area contributed by atoms with Crippen LogP contribution in [0.25, 0.3) is 21.5 Å². The predicted molar refractivity (Wildman–Crippen MR) is 93.4 cm³/mol. The number of nitrogens with one attached hydrogen (secondary N) is 1. The Hall–Kier alpha value is -1.29. The second-order valence-electron chi connectivity index (χ2n) is 5.30. The average molecular weight is 319 g/mol. The Morgan fingerprint density at radius 3 is 2.81 bits per heavy atom. The van der Waals surface area contributed by atoms with Gasteiger partial charge in [0.1, 0.15) is 0 Å². The zero-order valence-electron chi connectivity index (χ0n) is 12.1. The fraction of sp³-hybridized carbons (Fsp3) is 0.294. The summed E-state index contributed by atoms with van der Waals surface area (Å²) < 4.78 is 0. The number of unbranched alkanes of at least 4 members (excludes halogenated alkanes) is 1. The fourth-order valence-corrected chi connectivity index (χ4v) is 3.68. The first-order valence-electron chi connectivity index (χ1n) is 7.26. The number of aromatic nitrogens is 1. The molecule has 3 rings (SSSR count). The van der Waals surface area contributed by atoms with E-state index in [1.807, 2.05) is 6.07 Å². The van der Waals surface area contributed by atoms with Crippen molar-refractivity contribution in [3.63, 3.8) is 0 Å². The van der Waals surface area contributed by atoms with Gasteiger partial charge in [-0.2, -0.15) is 0 Å². The van der Waals surface area contributed by atoms with Gasteiger partial charge in [0, 0.05) is 10.4 Å². The van der Waals surface area contributed by atoms with Gasteiger partial charge < -0.3 is 10.7 Å². The molecule has 0 amide bonds. The van der Waals surface area contributed by atoms with Crippen LogP contribution in [-0.4, -0.2) is 11.5 Å². The van der Waals surface area contributed by atoms with E-state index in [0.717, 1.165) is 41.9 Å². The van der Waals surface area contributed by atoms with Gasteiger partial charge in [-0.3, -0.25) is 0 Å². The molecule has 21 heavy (non-hydrogen) atoms. The van der Waals surface area contributed by atoms with Gasteiger partial charge in [0.25, 0.3) is 0 Å². The number of nitrogens with two attached hydrogens (primary N) is 1. The number of benzene rings is 1. The van der Waals surface area contributed by atoms with Crippen LogP contribution in [0.1, 0.15) is 24.0 Å². The van der Waals surface area contributed by atoms with Crippen LogP contribution < -0.4 is 5.73 Å². The number of halogens is 1. The zero-order valence-corrected chi connectivity index (χ0v) is 13.7. The lowest BCUT2D eigenvalue weighted by Gasteiger charge is -2.03. The van der Waals surface area contributed by atoms with E-state index in [0.29, 0.717) is 0 Å². The van der Waals surface area contributed by atoms with E-state index in [9.17, 15) is 0 Å². The van der Waals surface area contributed by atoms with Crippen LogP contribution >= 0.6 is 22.9 Å². The third-order valence-electron chi connectivity index (χ3n) is 3.92. The predicted octanol–water partition coefficient (Wildman–Crippen LogP) is 5.14. The first-order chi connectivity index (χ1) is 10.2. The minimum Gasteiger partial charge on any atom is -0.353 e. The average Bonchev–Trinajstić information content (AvgIpc) is 3.11. The largest absolute Gasteiger partial charge is 0.353 e. The van der Waals surface area contributed by atoms with Crippen molar-refractivity contribution in [2.75, 3.05) is 6.54 Å². The van der Waals surface area contributed by atoms with Gasteiger partial charge in [-0.05, 0) is 61.4 Å². The summed E-state index contributed by atoms with van der Waals surface area (Å²) in [6, 6.07) is 8.39. The number of fused-ring (bicyclic) bond motifs is 1. The Morgan fingerprint density at radius 2 is 2.10 bits per heavy atom. The molecule has 0 saturated carbocycles. The second-order valence-corrected chi connectivity index (χ2v) is 6.65. The van der Waals surface area contributed by atoms with Crippen molar-refractivity contribution in [2.24, 2.45) is 5.73 Å². The first-order valence-corrected chi connectivity index (χ1v) is 8.51. The van der Waals surface area contributed by atoms with E-state index in [1.54, 1.807) is 11.3 Å². The van der Waals surface area contributed by atoms with Crippen molar-refractivity contribution in [1.29, 1.82) is 0 Å². The molecule has 2 nitrogen and oxygen atoms in total. The van der Waals surface area contributed by atoms with Gasteiger partial charge in [-0.15, -0.1) is 11.3 Å². The molecule has 0 spiro atoms. The van der Waals surface area contributed by atoms with E-state index in [1.165, 1.54) is 21.5 Å². The molecule has 3 aromatic rings. The third kappa shape index (κ3) is 2.73. The quantitative estimate of drug-likeness (QED) is 0.628. The molecule has 2 heterocycles. The van der Waals surface area contributed by atoms with Gasteiger partial charge in [-0.1, -0.05) is 23.7 Å². The van der Waals surface area contributed by atoms with Crippen LogP contribution in [0.3, 0.4) is 0 Å². The summed E-state index contributed by atoms with van der Waals surface area (Å²) in [5.74, 6) is 0.